The van der Waals surface area contributed by atoms with Crippen molar-refractivity contribution in [3.8, 4) is 23.3 Å². The number of nitrogens with zero attached hydrogens (tertiary/aromatic N) is 2. The smallest absolute Gasteiger partial charge is 0.123 e. The van der Waals surface area contributed by atoms with Crippen molar-refractivity contribution in [3.05, 3.63) is 40.0 Å². The molecule has 1 aromatic carbocycles. The largest absolute Gasteiger partial charge is 0.388 e. The molecule has 1 aromatic heterocycles. The topological polar surface area (TPSA) is 101 Å². The van der Waals surface area contributed by atoms with Gasteiger partial charge in [-0.1, -0.05) is 24.4 Å². The molecule has 0 aliphatic rings. The Labute approximate surface area is 121 Å². The number of hydrogen-bond donors (Lipinski definition) is 3. The van der Waals surface area contributed by atoms with Crippen molar-refractivity contribution in [2.45, 2.75) is 0 Å². The van der Waals surface area contributed by atoms with Crippen molar-refractivity contribution < 1.29 is 0 Å². The van der Waals surface area contributed by atoms with Crippen LogP contribution in [0.5, 0.6) is 0 Å². The van der Waals surface area contributed by atoms with Crippen molar-refractivity contribution >= 4 is 23.7 Å². The third-order valence-electron chi connectivity index (χ3n) is 2.93. The maximum absolute atomic E-state index is 9.27. The van der Waals surface area contributed by atoms with E-state index in [2.05, 4.69) is 10.3 Å². The first-order valence-electron chi connectivity index (χ1n) is 5.76. The number of benzene rings is 1. The summed E-state index contributed by atoms with van der Waals surface area (Å²) in [7, 11) is 1.81. The molecule has 0 unspecified atom stereocenters. The fourth-order valence-corrected chi connectivity index (χ4v) is 2.19. The van der Waals surface area contributed by atoms with Gasteiger partial charge < -0.3 is 16.0 Å². The van der Waals surface area contributed by atoms with E-state index in [9.17, 15) is 10.5 Å². The van der Waals surface area contributed by atoms with Gasteiger partial charge in [-0.2, -0.15) is 10.5 Å². The molecule has 20 heavy (non-hydrogen) atoms. The minimum atomic E-state index is 0.171. The molecule has 0 saturated carbocycles. The van der Waals surface area contributed by atoms with E-state index in [-0.39, 0.29) is 21.6 Å². The number of nitrogens with two attached hydrogens (primary N) is 1. The Morgan fingerprint density at radius 1 is 1.15 bits per heavy atom. The van der Waals surface area contributed by atoms with Crippen LogP contribution in [0.15, 0.2) is 24.3 Å². The van der Waals surface area contributed by atoms with Crippen molar-refractivity contribution in [3.63, 3.8) is 0 Å². The molecular weight excluding hydrogens is 270 g/mol. The molecule has 0 atom stereocenters. The highest BCUT2D eigenvalue weighted by molar-refractivity contribution is 7.71. The van der Waals surface area contributed by atoms with Gasteiger partial charge in [0.05, 0.1) is 5.56 Å². The van der Waals surface area contributed by atoms with Gasteiger partial charge in [0.25, 0.3) is 0 Å². The maximum Gasteiger partial charge on any atom is 0.123 e. The quantitative estimate of drug-likeness (QED) is 0.735. The van der Waals surface area contributed by atoms with Gasteiger partial charge in [-0.05, 0) is 17.7 Å². The van der Waals surface area contributed by atoms with Crippen LogP contribution >= 0.6 is 12.2 Å². The van der Waals surface area contributed by atoms with Crippen molar-refractivity contribution in [1.29, 1.82) is 10.5 Å². The van der Waals surface area contributed by atoms with Gasteiger partial charge in [0, 0.05) is 18.3 Å². The van der Waals surface area contributed by atoms with Crippen LogP contribution in [0.2, 0.25) is 0 Å². The second-order valence-electron chi connectivity index (χ2n) is 4.04. The van der Waals surface area contributed by atoms with Crippen LogP contribution in [0.1, 0.15) is 11.1 Å². The Morgan fingerprint density at radius 3 is 2.25 bits per heavy atom. The van der Waals surface area contributed by atoms with E-state index in [1.165, 1.54) is 0 Å². The number of nitrogens with one attached hydrogen (secondary N) is 2. The molecule has 4 N–H and O–H groups in total. The number of nitriles is 2. The number of anilines is 2. The molecule has 0 amide bonds. The number of pyridine rings is 1. The van der Waals surface area contributed by atoms with Gasteiger partial charge in [-0.3, -0.25) is 0 Å². The van der Waals surface area contributed by atoms with Gasteiger partial charge in [0.1, 0.15) is 28.2 Å². The average molecular weight is 281 g/mol. The molecule has 5 nitrogen and oxygen atoms in total. The lowest BCUT2D eigenvalue weighted by Gasteiger charge is -2.10. The number of rotatable bonds is 2. The molecule has 0 aliphatic heterocycles. The number of aromatic nitrogens is 1. The Hall–Kier alpha value is -2.83. The van der Waals surface area contributed by atoms with Crippen LogP contribution in [0.3, 0.4) is 0 Å². The zero-order chi connectivity index (χ0) is 14.7. The third-order valence-corrected chi connectivity index (χ3v) is 3.24. The van der Waals surface area contributed by atoms with E-state index in [0.29, 0.717) is 5.56 Å². The summed E-state index contributed by atoms with van der Waals surface area (Å²) < 4.78 is 0.233. The Morgan fingerprint density at radius 2 is 1.75 bits per heavy atom. The molecular formula is C14H11N5S. The predicted molar refractivity (Wildman–Crippen MR) is 80.5 cm³/mol. The second kappa shape index (κ2) is 5.43. The summed E-state index contributed by atoms with van der Waals surface area (Å²) >= 11 is 5.10. The minimum absolute atomic E-state index is 0.171. The van der Waals surface area contributed by atoms with Gasteiger partial charge in [-0.15, -0.1) is 0 Å². The lowest BCUT2D eigenvalue weighted by molar-refractivity contribution is 1.26. The zero-order valence-corrected chi connectivity index (χ0v) is 11.5. The lowest BCUT2D eigenvalue weighted by Crippen LogP contribution is -2.01. The highest BCUT2D eigenvalue weighted by Crippen LogP contribution is 2.31. The first-order chi connectivity index (χ1) is 9.62. The third kappa shape index (κ3) is 2.20. The highest BCUT2D eigenvalue weighted by atomic mass is 32.1. The molecule has 0 radical (unpaired) electrons. The Kier molecular flexibility index (Phi) is 3.69. The van der Waals surface area contributed by atoms with E-state index in [1.807, 2.05) is 43.5 Å². The number of aromatic amines is 1. The molecule has 0 saturated heterocycles. The van der Waals surface area contributed by atoms with Crippen molar-refractivity contribution in [1.82, 2.24) is 4.98 Å². The van der Waals surface area contributed by atoms with E-state index >= 15 is 0 Å². The monoisotopic (exact) mass is 281 g/mol. The summed E-state index contributed by atoms with van der Waals surface area (Å²) in [6.45, 7) is 0. The maximum atomic E-state index is 9.27. The van der Waals surface area contributed by atoms with E-state index in [1.54, 1.807) is 0 Å². The SMILES string of the molecule is CNc1ccc(-c2c(C#N)c(N)[nH]c(=S)c2C#N)cc1. The first-order valence-corrected chi connectivity index (χ1v) is 6.17. The van der Waals surface area contributed by atoms with Gasteiger partial charge in [0.15, 0.2) is 0 Å². The molecule has 0 bridgehead atoms. The standard InChI is InChI=1S/C14H11N5S/c1-18-9-4-2-8(3-5-9)12-10(6-15)13(17)19-14(20)11(12)7-16/h2-5,18H,1H3,(H3,17,19,20). The fraction of sp³-hybridized carbons (Fsp3) is 0.0714. The van der Waals surface area contributed by atoms with Crippen LogP contribution in [-0.4, -0.2) is 12.0 Å². The second-order valence-corrected chi connectivity index (χ2v) is 4.45. The summed E-state index contributed by atoms with van der Waals surface area (Å²) in [5, 5.41) is 21.5. The number of H-pyrrole nitrogens is 1. The van der Waals surface area contributed by atoms with Gasteiger partial charge in [0.2, 0.25) is 0 Å². The predicted octanol–water partition coefficient (Wildman–Crippen LogP) is 2.78. The van der Waals surface area contributed by atoms with Crippen LogP contribution < -0.4 is 11.1 Å². The molecule has 98 valence electrons. The summed E-state index contributed by atoms with van der Waals surface area (Å²) in [6.07, 6.45) is 0. The highest BCUT2D eigenvalue weighted by Gasteiger charge is 2.16. The Bertz CT molecular complexity index is 791. The molecule has 6 heteroatoms. The lowest BCUT2D eigenvalue weighted by atomic mass is 9.97. The average Bonchev–Trinajstić information content (AvgIpc) is 2.46. The minimum Gasteiger partial charge on any atom is -0.388 e. The van der Waals surface area contributed by atoms with Crippen LogP contribution in [0, 0.1) is 27.3 Å². The molecule has 0 aliphatic carbocycles. The molecule has 2 aromatic rings. The van der Waals surface area contributed by atoms with Crippen molar-refractivity contribution in [2.24, 2.45) is 0 Å². The molecule has 2 rings (SSSR count). The van der Waals surface area contributed by atoms with Gasteiger partial charge >= 0.3 is 0 Å². The molecule has 0 spiro atoms. The number of hydrogen-bond acceptors (Lipinski definition) is 5. The van der Waals surface area contributed by atoms with Crippen LogP contribution in [0.25, 0.3) is 11.1 Å². The number of nitrogen functional groups attached to an aromatic ring is 1. The van der Waals surface area contributed by atoms with Gasteiger partial charge in [-0.25, -0.2) is 0 Å². The summed E-state index contributed by atoms with van der Waals surface area (Å²) in [4.78, 5) is 2.68. The van der Waals surface area contributed by atoms with E-state index in [0.717, 1.165) is 11.3 Å². The first kappa shape index (κ1) is 13.6. The van der Waals surface area contributed by atoms with Crippen LogP contribution in [-0.2, 0) is 0 Å². The molecule has 1 heterocycles. The zero-order valence-electron chi connectivity index (χ0n) is 10.7. The Balaban J connectivity index is 2.81. The van der Waals surface area contributed by atoms with Crippen LogP contribution in [0.4, 0.5) is 11.5 Å². The van der Waals surface area contributed by atoms with E-state index in [4.69, 9.17) is 18.0 Å². The normalized spacial score (nSPS) is 9.55. The summed E-state index contributed by atoms with van der Waals surface area (Å²) in [5.41, 5.74) is 8.39. The van der Waals surface area contributed by atoms with Crippen molar-refractivity contribution in [2.75, 3.05) is 18.1 Å². The summed E-state index contributed by atoms with van der Waals surface area (Å²) in [6, 6.07) is 11.4. The fourth-order valence-electron chi connectivity index (χ4n) is 1.94. The summed E-state index contributed by atoms with van der Waals surface area (Å²) in [5.74, 6) is 0.171. The van der Waals surface area contributed by atoms with E-state index < -0.39 is 0 Å². The molecule has 0 fully saturated rings.